The van der Waals surface area contributed by atoms with Crippen molar-refractivity contribution in [3.05, 3.63) is 59.7 Å². The number of benzene rings is 2. The summed E-state index contributed by atoms with van der Waals surface area (Å²) in [5, 5.41) is 3.24. The fourth-order valence-corrected chi connectivity index (χ4v) is 6.18. The van der Waals surface area contributed by atoms with Gasteiger partial charge >= 0.3 is 0 Å². The highest BCUT2D eigenvalue weighted by atomic mass is 28.3. The SMILES string of the molecule is C[Si]1(C)c2ccccc2Cc2ccccc21. The molecule has 2 aromatic rings. The van der Waals surface area contributed by atoms with Crippen molar-refractivity contribution in [2.45, 2.75) is 19.5 Å². The first kappa shape index (κ1) is 9.85. The predicted molar refractivity (Wildman–Crippen MR) is 72.4 cm³/mol. The van der Waals surface area contributed by atoms with E-state index in [0.717, 1.165) is 6.42 Å². The van der Waals surface area contributed by atoms with Crippen LogP contribution in [0.5, 0.6) is 0 Å². The lowest BCUT2D eigenvalue weighted by molar-refractivity contribution is 1.20. The Morgan fingerprint density at radius 1 is 0.750 bits per heavy atom. The third-order valence-corrected chi connectivity index (χ3v) is 7.43. The Bertz CT molecular complexity index is 493. The average Bonchev–Trinajstić information content (AvgIpc) is 2.29. The van der Waals surface area contributed by atoms with Crippen LogP contribution in [-0.4, -0.2) is 8.07 Å². The molecule has 0 N–H and O–H groups in total. The zero-order chi connectivity index (χ0) is 11.2. The molecule has 16 heavy (non-hydrogen) atoms. The molecule has 0 saturated carbocycles. The maximum absolute atomic E-state index is 2.46. The first-order valence-corrected chi connectivity index (χ1v) is 8.86. The molecule has 0 aromatic heterocycles. The van der Waals surface area contributed by atoms with E-state index in [-0.39, 0.29) is 0 Å². The van der Waals surface area contributed by atoms with Crippen molar-refractivity contribution in [1.82, 2.24) is 0 Å². The first-order chi connectivity index (χ1) is 7.69. The van der Waals surface area contributed by atoms with Crippen LogP contribution >= 0.6 is 0 Å². The fourth-order valence-electron chi connectivity index (χ4n) is 2.92. The molecule has 0 bridgehead atoms. The van der Waals surface area contributed by atoms with Gasteiger partial charge in [0.15, 0.2) is 0 Å². The standard InChI is InChI=1S/C15H16Si/c1-16(2)14-9-5-3-7-12(14)11-13-8-4-6-10-15(13)16/h3-10H,11H2,1-2H3. The summed E-state index contributed by atoms with van der Waals surface area (Å²) in [5.41, 5.74) is 3.08. The molecule has 0 radical (unpaired) electrons. The second kappa shape index (κ2) is 3.32. The second-order valence-corrected chi connectivity index (χ2v) is 9.44. The molecule has 2 aromatic carbocycles. The molecule has 0 amide bonds. The lowest BCUT2D eigenvalue weighted by Crippen LogP contribution is -2.58. The van der Waals surface area contributed by atoms with Gasteiger partial charge in [0.05, 0.1) is 0 Å². The predicted octanol–water partition coefficient (Wildman–Crippen LogP) is 2.41. The molecule has 0 saturated heterocycles. The van der Waals surface area contributed by atoms with Gasteiger partial charge in [-0.1, -0.05) is 72.0 Å². The van der Waals surface area contributed by atoms with Crippen LogP contribution in [0.25, 0.3) is 0 Å². The normalized spacial score (nSPS) is 16.4. The quantitative estimate of drug-likeness (QED) is 0.603. The van der Waals surface area contributed by atoms with Crippen LogP contribution in [0.3, 0.4) is 0 Å². The highest BCUT2D eigenvalue weighted by Gasteiger charge is 2.33. The van der Waals surface area contributed by atoms with Gasteiger partial charge < -0.3 is 0 Å². The van der Waals surface area contributed by atoms with Crippen LogP contribution in [0, 0.1) is 0 Å². The van der Waals surface area contributed by atoms with E-state index in [4.69, 9.17) is 0 Å². The maximum Gasteiger partial charge on any atom is 0.112 e. The molecular weight excluding hydrogens is 208 g/mol. The van der Waals surface area contributed by atoms with Gasteiger partial charge in [0, 0.05) is 0 Å². The molecule has 0 unspecified atom stereocenters. The summed E-state index contributed by atoms with van der Waals surface area (Å²) in [5.74, 6) is 0. The van der Waals surface area contributed by atoms with Crippen LogP contribution in [0.2, 0.25) is 13.1 Å². The van der Waals surface area contributed by atoms with Gasteiger partial charge in [-0.15, -0.1) is 0 Å². The van der Waals surface area contributed by atoms with Crippen molar-refractivity contribution in [3.8, 4) is 0 Å². The van der Waals surface area contributed by atoms with Crippen LogP contribution in [0.15, 0.2) is 48.5 Å². The molecule has 1 heteroatoms. The summed E-state index contributed by atoms with van der Waals surface area (Å²) in [4.78, 5) is 0. The molecular formula is C15H16Si. The van der Waals surface area contributed by atoms with Crippen LogP contribution in [0.1, 0.15) is 11.1 Å². The van der Waals surface area contributed by atoms with E-state index < -0.39 is 8.07 Å². The zero-order valence-electron chi connectivity index (χ0n) is 9.83. The monoisotopic (exact) mass is 224 g/mol. The van der Waals surface area contributed by atoms with E-state index in [9.17, 15) is 0 Å². The smallest absolute Gasteiger partial charge is 0.0623 e. The van der Waals surface area contributed by atoms with E-state index in [1.807, 2.05) is 0 Å². The van der Waals surface area contributed by atoms with Gasteiger partial charge in [-0.05, 0) is 17.5 Å². The number of rotatable bonds is 0. The summed E-state index contributed by atoms with van der Waals surface area (Å²) in [7, 11) is -1.43. The summed E-state index contributed by atoms with van der Waals surface area (Å²) >= 11 is 0. The van der Waals surface area contributed by atoms with E-state index in [2.05, 4.69) is 61.6 Å². The molecule has 0 aliphatic carbocycles. The molecule has 80 valence electrons. The Labute approximate surface area is 98.0 Å². The minimum atomic E-state index is -1.43. The topological polar surface area (TPSA) is 0 Å². The average molecular weight is 224 g/mol. The largest absolute Gasteiger partial charge is 0.112 e. The lowest BCUT2D eigenvalue weighted by atomic mass is 10.0. The molecule has 3 rings (SSSR count). The Morgan fingerprint density at radius 2 is 1.19 bits per heavy atom. The van der Waals surface area contributed by atoms with E-state index in [1.165, 1.54) is 11.1 Å². The van der Waals surface area contributed by atoms with Gasteiger partial charge in [-0.2, -0.15) is 0 Å². The first-order valence-electron chi connectivity index (χ1n) is 5.86. The number of hydrogen-bond acceptors (Lipinski definition) is 0. The third-order valence-electron chi connectivity index (χ3n) is 3.76. The van der Waals surface area contributed by atoms with Gasteiger partial charge in [0.1, 0.15) is 8.07 Å². The highest BCUT2D eigenvalue weighted by molar-refractivity contribution is 7.01. The highest BCUT2D eigenvalue weighted by Crippen LogP contribution is 2.19. The van der Waals surface area contributed by atoms with Gasteiger partial charge in [-0.25, -0.2) is 0 Å². The Hall–Kier alpha value is -1.34. The summed E-state index contributed by atoms with van der Waals surface area (Å²) < 4.78 is 0. The van der Waals surface area contributed by atoms with Gasteiger partial charge in [-0.3, -0.25) is 0 Å². The van der Waals surface area contributed by atoms with Gasteiger partial charge in [0.2, 0.25) is 0 Å². The molecule has 0 spiro atoms. The van der Waals surface area contributed by atoms with E-state index in [0.29, 0.717) is 0 Å². The lowest BCUT2D eigenvalue weighted by Gasteiger charge is -2.33. The summed E-state index contributed by atoms with van der Waals surface area (Å²) in [6.07, 6.45) is 1.11. The summed E-state index contributed by atoms with van der Waals surface area (Å²) in [6, 6.07) is 17.9. The minimum absolute atomic E-state index is 1.11. The fraction of sp³-hybridized carbons (Fsp3) is 0.200. The molecule has 1 aliphatic rings. The Kier molecular flexibility index (Phi) is 2.05. The minimum Gasteiger partial charge on any atom is -0.0623 e. The van der Waals surface area contributed by atoms with Crippen molar-refractivity contribution in [2.24, 2.45) is 0 Å². The second-order valence-electron chi connectivity index (χ2n) is 5.12. The summed E-state index contributed by atoms with van der Waals surface area (Å²) in [6.45, 7) is 4.92. The maximum atomic E-state index is 2.46. The van der Waals surface area contributed by atoms with E-state index >= 15 is 0 Å². The molecule has 0 fully saturated rings. The van der Waals surface area contributed by atoms with Gasteiger partial charge in [0.25, 0.3) is 0 Å². The molecule has 1 aliphatic heterocycles. The third kappa shape index (κ3) is 1.28. The Morgan fingerprint density at radius 3 is 1.69 bits per heavy atom. The van der Waals surface area contributed by atoms with Crippen molar-refractivity contribution >= 4 is 18.4 Å². The number of hydrogen-bond donors (Lipinski definition) is 0. The molecule has 0 nitrogen and oxygen atoms in total. The van der Waals surface area contributed by atoms with Crippen LogP contribution in [-0.2, 0) is 6.42 Å². The van der Waals surface area contributed by atoms with Crippen molar-refractivity contribution in [2.75, 3.05) is 0 Å². The van der Waals surface area contributed by atoms with Crippen molar-refractivity contribution in [3.63, 3.8) is 0 Å². The molecule has 0 atom stereocenters. The molecule has 1 heterocycles. The van der Waals surface area contributed by atoms with Crippen LogP contribution < -0.4 is 10.4 Å². The zero-order valence-corrected chi connectivity index (χ0v) is 10.8. The number of fused-ring (bicyclic) bond motifs is 2. The van der Waals surface area contributed by atoms with Crippen LogP contribution in [0.4, 0.5) is 0 Å². The Balaban J connectivity index is 2.28. The van der Waals surface area contributed by atoms with Crippen molar-refractivity contribution in [1.29, 1.82) is 0 Å². The van der Waals surface area contributed by atoms with E-state index in [1.54, 1.807) is 10.4 Å². The van der Waals surface area contributed by atoms with Crippen molar-refractivity contribution < 1.29 is 0 Å².